The normalized spacial score (nSPS) is 15.9. The van der Waals surface area contributed by atoms with Crippen LogP contribution in [0.2, 0.25) is 0 Å². The second-order valence-electron chi connectivity index (χ2n) is 3.77. The van der Waals surface area contributed by atoms with Crippen LogP contribution in [0.5, 0.6) is 0 Å². The van der Waals surface area contributed by atoms with Gasteiger partial charge >= 0.3 is 57.5 Å². The van der Waals surface area contributed by atoms with Gasteiger partial charge in [-0.1, -0.05) is 0 Å². The molecule has 0 unspecified atom stereocenters. The molecule has 0 aromatic heterocycles. The van der Waals surface area contributed by atoms with Crippen LogP contribution in [0.25, 0.3) is 0 Å². The summed E-state index contributed by atoms with van der Waals surface area (Å²) in [6, 6.07) is 0. The molecule has 0 radical (unpaired) electrons. The fourth-order valence-electron chi connectivity index (χ4n) is 0.912. The van der Waals surface area contributed by atoms with E-state index >= 15 is 0 Å². The van der Waals surface area contributed by atoms with Crippen molar-refractivity contribution in [2.24, 2.45) is 0 Å². The molecule has 0 saturated heterocycles. The van der Waals surface area contributed by atoms with E-state index in [9.17, 15) is 70.0 Å². The summed E-state index contributed by atoms with van der Waals surface area (Å²) >= 11 is 0. The monoisotopic (exact) mass is 506 g/mol. The first kappa shape index (κ1) is 26.0. The predicted molar refractivity (Wildman–Crippen MR) is 40.5 cm³/mol. The molecule has 0 amide bonds. The third-order valence-corrected chi connectivity index (χ3v) is 3.10. The van der Waals surface area contributed by atoms with Crippen molar-refractivity contribution >= 4 is 10.1 Å². The van der Waals surface area contributed by atoms with Gasteiger partial charge in [0.1, 0.15) is 0 Å². The Hall–Kier alpha value is -0.260. The Labute approximate surface area is 138 Å². The zero-order valence-electron chi connectivity index (χ0n) is 9.85. The molecule has 0 aliphatic heterocycles. The van der Waals surface area contributed by atoms with Crippen molar-refractivity contribution in [3.05, 3.63) is 0 Å². The molecule has 0 bridgehead atoms. The number of halogens is 13. The van der Waals surface area contributed by atoms with Gasteiger partial charge in [-0.15, -0.1) is 0 Å². The molecule has 0 aromatic carbocycles. The van der Waals surface area contributed by atoms with Crippen LogP contribution in [-0.2, 0) is 32.5 Å². The molecule has 0 spiro atoms. The standard InChI is InChI=1S/C6HF13O3S.Ag/c7-1(8,3(11,12)5(15,16)17)2(9,10)4(13,14)6(18,19)23(20,21)22;/h(H,20,21,22);/q;+1/p-1. The fraction of sp³-hybridized carbons (Fsp3) is 1.00. The first-order valence-electron chi connectivity index (χ1n) is 4.41. The molecule has 3 nitrogen and oxygen atoms in total. The van der Waals surface area contributed by atoms with Gasteiger partial charge in [0.15, 0.2) is 10.1 Å². The van der Waals surface area contributed by atoms with Gasteiger partial charge in [-0.05, 0) is 0 Å². The molecule has 24 heavy (non-hydrogen) atoms. The summed E-state index contributed by atoms with van der Waals surface area (Å²) in [6.45, 7) is 0. The molecule has 0 atom stereocenters. The van der Waals surface area contributed by atoms with Gasteiger partial charge in [-0.3, -0.25) is 0 Å². The van der Waals surface area contributed by atoms with E-state index in [1.165, 1.54) is 0 Å². The molecule has 150 valence electrons. The van der Waals surface area contributed by atoms with Gasteiger partial charge < -0.3 is 4.55 Å². The predicted octanol–water partition coefficient (Wildman–Crippen LogP) is 3.23. The second kappa shape index (κ2) is 6.17. The van der Waals surface area contributed by atoms with Crippen molar-refractivity contribution in [1.29, 1.82) is 0 Å². The minimum absolute atomic E-state index is 0. The Morgan fingerprint density at radius 2 is 0.792 bits per heavy atom. The first-order chi connectivity index (χ1) is 9.50. The van der Waals surface area contributed by atoms with E-state index in [1.54, 1.807) is 0 Å². The quantitative estimate of drug-likeness (QED) is 0.327. The van der Waals surface area contributed by atoms with E-state index in [4.69, 9.17) is 0 Å². The van der Waals surface area contributed by atoms with Crippen LogP contribution in [-0.4, -0.2) is 48.1 Å². The first-order valence-corrected chi connectivity index (χ1v) is 5.82. The van der Waals surface area contributed by atoms with Crippen LogP contribution in [0.4, 0.5) is 57.1 Å². The average Bonchev–Trinajstić information content (AvgIpc) is 2.24. The summed E-state index contributed by atoms with van der Waals surface area (Å²) < 4.78 is 189. The van der Waals surface area contributed by atoms with Crippen LogP contribution in [0.3, 0.4) is 0 Å². The summed E-state index contributed by atoms with van der Waals surface area (Å²) in [6.07, 6.45) is -7.61. The van der Waals surface area contributed by atoms with Crippen LogP contribution in [0.1, 0.15) is 0 Å². The van der Waals surface area contributed by atoms with Crippen molar-refractivity contribution in [3.63, 3.8) is 0 Å². The Morgan fingerprint density at radius 1 is 0.542 bits per heavy atom. The minimum atomic E-state index is -8.29. The third kappa shape index (κ3) is 3.24. The van der Waals surface area contributed by atoms with Gasteiger partial charge in [0.2, 0.25) is 0 Å². The molecule has 18 heteroatoms. The maximum atomic E-state index is 12.7. The maximum Gasteiger partial charge on any atom is 1.00 e. The van der Waals surface area contributed by atoms with Gasteiger partial charge in [-0.2, -0.15) is 57.1 Å². The van der Waals surface area contributed by atoms with E-state index in [2.05, 4.69) is 0 Å². The van der Waals surface area contributed by atoms with Crippen LogP contribution < -0.4 is 0 Å². The van der Waals surface area contributed by atoms with Gasteiger partial charge in [0.05, 0.1) is 0 Å². The molecule has 0 heterocycles. The summed E-state index contributed by atoms with van der Waals surface area (Å²) in [4.78, 5) is 0. The Bertz CT molecular complexity index is 565. The van der Waals surface area contributed by atoms with Crippen LogP contribution in [0, 0.1) is 0 Å². The number of hydrogen-bond acceptors (Lipinski definition) is 3. The second-order valence-corrected chi connectivity index (χ2v) is 5.19. The van der Waals surface area contributed by atoms with Crippen molar-refractivity contribution in [1.82, 2.24) is 0 Å². The Morgan fingerprint density at radius 3 is 1.00 bits per heavy atom. The zero-order chi connectivity index (χ0) is 19.5. The molecule has 0 aliphatic rings. The number of hydrogen-bond donors (Lipinski definition) is 0. The third-order valence-electron chi connectivity index (χ3n) is 2.22. The molecular weight excluding hydrogens is 507 g/mol. The number of rotatable bonds is 5. The van der Waals surface area contributed by atoms with Crippen molar-refractivity contribution < 1.29 is 92.4 Å². The van der Waals surface area contributed by atoms with Crippen molar-refractivity contribution in [2.75, 3.05) is 0 Å². The average molecular weight is 507 g/mol. The van der Waals surface area contributed by atoms with Gasteiger partial charge in [0.25, 0.3) is 0 Å². The van der Waals surface area contributed by atoms with Crippen molar-refractivity contribution in [2.45, 2.75) is 35.1 Å². The van der Waals surface area contributed by atoms with Crippen LogP contribution >= 0.6 is 0 Å². The molecule has 0 fully saturated rings. The minimum Gasteiger partial charge on any atom is -0.743 e. The van der Waals surface area contributed by atoms with Gasteiger partial charge in [0, 0.05) is 0 Å². The molecule has 0 saturated carbocycles. The van der Waals surface area contributed by atoms with Gasteiger partial charge in [-0.25, -0.2) is 8.42 Å². The summed E-state index contributed by atoms with van der Waals surface area (Å²) in [7, 11) is -7.86. The summed E-state index contributed by atoms with van der Waals surface area (Å²) in [5, 5.41) is -7.63. The molecule has 0 rings (SSSR count). The Kier molecular flexibility index (Phi) is 6.68. The molecular formula is C6AgF13O3S. The largest absolute Gasteiger partial charge is 1.00 e. The molecule has 0 aliphatic carbocycles. The van der Waals surface area contributed by atoms with E-state index in [0.717, 1.165) is 0 Å². The van der Waals surface area contributed by atoms with Crippen LogP contribution in [0.15, 0.2) is 0 Å². The topological polar surface area (TPSA) is 57.2 Å². The molecule has 0 N–H and O–H groups in total. The summed E-state index contributed by atoms with van der Waals surface area (Å²) in [5.41, 5.74) is 0. The maximum absolute atomic E-state index is 12.7. The smallest absolute Gasteiger partial charge is 0.743 e. The van der Waals surface area contributed by atoms with E-state index < -0.39 is 45.2 Å². The Balaban J connectivity index is 0. The molecule has 0 aromatic rings. The van der Waals surface area contributed by atoms with Crippen molar-refractivity contribution in [3.8, 4) is 0 Å². The van der Waals surface area contributed by atoms with E-state index in [0.29, 0.717) is 0 Å². The fourth-order valence-corrected chi connectivity index (χ4v) is 1.35. The summed E-state index contributed by atoms with van der Waals surface area (Å²) in [5.74, 6) is -32.6. The number of alkyl halides is 13. The zero-order valence-corrected chi connectivity index (χ0v) is 12.1. The van der Waals surface area contributed by atoms with E-state index in [-0.39, 0.29) is 22.4 Å². The SMILES string of the molecule is O=S(=O)([O-])C(F)(F)C(F)(F)C(F)(F)C(F)(F)C(F)(F)C(F)(F)F.[Ag+]. The van der Waals surface area contributed by atoms with E-state index in [1.807, 2.05) is 0 Å².